The topological polar surface area (TPSA) is 155 Å². The number of aromatic nitrogens is 1. The minimum absolute atomic E-state index is 0.00483. The summed E-state index contributed by atoms with van der Waals surface area (Å²) < 4.78 is 1.12. The van der Waals surface area contributed by atoms with Crippen LogP contribution in [0.3, 0.4) is 0 Å². The maximum Gasteiger partial charge on any atom is 0.303 e. The van der Waals surface area contributed by atoms with Crippen LogP contribution in [0.25, 0.3) is 20.8 Å². The molecule has 3 rings (SSSR count). The van der Waals surface area contributed by atoms with E-state index in [4.69, 9.17) is 10.8 Å². The molecule has 6 N–H and O–H groups in total. The molecule has 2 unspecified atom stereocenters. The SMILES string of the molecule is NC(=O)CNC(O)C(CCC(=O)O)NC(=O)CCc1ccc(-c2nc3ccccc3s2)cc1. The maximum atomic E-state index is 12.4. The van der Waals surface area contributed by atoms with Crippen LogP contribution in [-0.4, -0.2) is 51.8 Å². The van der Waals surface area contributed by atoms with Crippen LogP contribution in [0.5, 0.6) is 0 Å². The zero-order chi connectivity index (χ0) is 23.8. The van der Waals surface area contributed by atoms with Gasteiger partial charge in [-0.15, -0.1) is 11.3 Å². The van der Waals surface area contributed by atoms with E-state index in [2.05, 4.69) is 15.6 Å². The number of nitrogens with one attached hydrogen (secondary N) is 2. The highest BCUT2D eigenvalue weighted by molar-refractivity contribution is 7.21. The molecule has 1 aromatic heterocycles. The fourth-order valence-corrected chi connectivity index (χ4v) is 4.25. The van der Waals surface area contributed by atoms with Crippen molar-refractivity contribution < 1.29 is 24.6 Å². The number of hydrogen-bond acceptors (Lipinski definition) is 7. The Balaban J connectivity index is 1.55. The summed E-state index contributed by atoms with van der Waals surface area (Å²) in [7, 11) is 0. The Morgan fingerprint density at radius 3 is 2.45 bits per heavy atom. The third kappa shape index (κ3) is 7.35. The van der Waals surface area contributed by atoms with E-state index in [1.54, 1.807) is 11.3 Å². The predicted octanol–water partition coefficient (Wildman–Crippen LogP) is 1.64. The maximum absolute atomic E-state index is 12.4. The van der Waals surface area contributed by atoms with Crippen molar-refractivity contribution in [2.45, 2.75) is 38.0 Å². The summed E-state index contributed by atoms with van der Waals surface area (Å²) in [4.78, 5) is 38.8. The number of fused-ring (bicyclic) bond motifs is 1. The van der Waals surface area contributed by atoms with Gasteiger partial charge in [-0.05, 0) is 30.5 Å². The number of benzene rings is 2. The smallest absolute Gasteiger partial charge is 0.303 e. The number of hydrogen-bond donors (Lipinski definition) is 5. The number of thiazole rings is 1. The summed E-state index contributed by atoms with van der Waals surface area (Å²) in [5.74, 6) is -2.06. The van der Waals surface area contributed by atoms with Crippen molar-refractivity contribution in [3.63, 3.8) is 0 Å². The van der Waals surface area contributed by atoms with E-state index in [9.17, 15) is 19.5 Å². The summed E-state index contributed by atoms with van der Waals surface area (Å²) in [5.41, 5.74) is 7.97. The number of nitrogens with zero attached hydrogens (tertiary/aromatic N) is 1. The van der Waals surface area contributed by atoms with Gasteiger partial charge in [0.05, 0.1) is 22.8 Å². The number of para-hydroxylation sites is 1. The van der Waals surface area contributed by atoms with Gasteiger partial charge in [-0.25, -0.2) is 4.98 Å². The number of nitrogens with two attached hydrogens (primary N) is 1. The molecule has 1 heterocycles. The lowest BCUT2D eigenvalue weighted by Crippen LogP contribution is -2.51. The monoisotopic (exact) mass is 470 g/mol. The van der Waals surface area contributed by atoms with E-state index in [-0.39, 0.29) is 31.7 Å². The van der Waals surface area contributed by atoms with Crippen LogP contribution in [0, 0.1) is 0 Å². The highest BCUT2D eigenvalue weighted by atomic mass is 32.1. The third-order valence-electron chi connectivity index (χ3n) is 5.02. The molecular formula is C23H26N4O5S. The van der Waals surface area contributed by atoms with E-state index in [1.165, 1.54) is 0 Å². The van der Waals surface area contributed by atoms with Gasteiger partial charge >= 0.3 is 5.97 Å². The lowest BCUT2D eigenvalue weighted by molar-refractivity contribution is -0.138. The van der Waals surface area contributed by atoms with Crippen molar-refractivity contribution in [3.8, 4) is 10.6 Å². The molecule has 0 bridgehead atoms. The standard InChI is InChI=1S/C23H26N4O5S/c24-19(28)13-25-22(32)17(10-12-21(30)31)26-20(29)11-7-14-5-8-15(9-6-14)23-27-16-3-1-2-4-18(16)33-23/h1-6,8-9,17,22,25,32H,7,10-13H2,(H2,24,28)(H,26,29)(H,30,31). The zero-order valence-corrected chi connectivity index (χ0v) is 18.7. The van der Waals surface area contributed by atoms with Gasteiger partial charge in [0, 0.05) is 18.4 Å². The van der Waals surface area contributed by atoms with Crippen LogP contribution in [0.2, 0.25) is 0 Å². The molecule has 3 aromatic rings. The highest BCUT2D eigenvalue weighted by Crippen LogP contribution is 2.30. The second kappa shape index (κ2) is 11.5. The van der Waals surface area contributed by atoms with E-state index in [1.807, 2.05) is 48.5 Å². The van der Waals surface area contributed by atoms with Crippen LogP contribution in [0.1, 0.15) is 24.8 Å². The number of aryl methyl sites for hydroxylation is 1. The Hall–Kier alpha value is -3.34. The quantitative estimate of drug-likeness (QED) is 0.252. The molecule has 0 spiro atoms. The summed E-state index contributed by atoms with van der Waals surface area (Å²) in [6.45, 7) is -0.290. The second-order valence-corrected chi connectivity index (χ2v) is 8.61. The molecule has 33 heavy (non-hydrogen) atoms. The lowest BCUT2D eigenvalue weighted by Gasteiger charge is -2.24. The van der Waals surface area contributed by atoms with Crippen LogP contribution in [0.4, 0.5) is 0 Å². The summed E-state index contributed by atoms with van der Waals surface area (Å²) in [5, 5.41) is 25.1. The summed E-state index contributed by atoms with van der Waals surface area (Å²) in [6.07, 6.45) is -0.901. The third-order valence-corrected chi connectivity index (χ3v) is 6.10. The molecule has 0 saturated carbocycles. The molecule has 2 atom stereocenters. The van der Waals surface area contributed by atoms with E-state index < -0.39 is 24.1 Å². The minimum atomic E-state index is -1.30. The Labute approximate surface area is 194 Å². The minimum Gasteiger partial charge on any atom is -0.481 e. The number of aliphatic hydroxyl groups is 1. The first-order valence-electron chi connectivity index (χ1n) is 10.5. The van der Waals surface area contributed by atoms with Crippen LogP contribution >= 0.6 is 11.3 Å². The highest BCUT2D eigenvalue weighted by Gasteiger charge is 2.22. The first-order chi connectivity index (χ1) is 15.8. The fraction of sp³-hybridized carbons (Fsp3) is 0.304. The number of aliphatic carboxylic acids is 1. The van der Waals surface area contributed by atoms with Gasteiger partial charge in [0.1, 0.15) is 11.2 Å². The number of aliphatic hydroxyl groups excluding tert-OH is 1. The molecule has 10 heteroatoms. The fourth-order valence-electron chi connectivity index (χ4n) is 3.28. The van der Waals surface area contributed by atoms with E-state index >= 15 is 0 Å². The first kappa shape index (κ1) is 24.3. The van der Waals surface area contributed by atoms with Gasteiger partial charge in [-0.1, -0.05) is 36.4 Å². The molecule has 2 aromatic carbocycles. The van der Waals surface area contributed by atoms with Gasteiger partial charge in [0.25, 0.3) is 0 Å². The van der Waals surface area contributed by atoms with Gasteiger partial charge in [0.2, 0.25) is 11.8 Å². The number of carboxylic acids is 1. The molecule has 9 nitrogen and oxygen atoms in total. The van der Waals surface area contributed by atoms with Crippen molar-refractivity contribution in [3.05, 3.63) is 54.1 Å². The zero-order valence-electron chi connectivity index (χ0n) is 17.9. The van der Waals surface area contributed by atoms with Gasteiger partial charge in [-0.2, -0.15) is 0 Å². The molecule has 2 amide bonds. The average Bonchev–Trinajstić information content (AvgIpc) is 3.23. The van der Waals surface area contributed by atoms with E-state index in [0.29, 0.717) is 6.42 Å². The Bertz CT molecular complexity index is 1080. The van der Waals surface area contributed by atoms with Crippen LogP contribution < -0.4 is 16.4 Å². The lowest BCUT2D eigenvalue weighted by atomic mass is 10.1. The van der Waals surface area contributed by atoms with Crippen molar-refractivity contribution in [1.82, 2.24) is 15.6 Å². The molecule has 0 aliphatic carbocycles. The average molecular weight is 471 g/mol. The van der Waals surface area contributed by atoms with Crippen molar-refractivity contribution >= 4 is 39.3 Å². The summed E-state index contributed by atoms with van der Waals surface area (Å²) in [6, 6.07) is 14.9. The number of primary amides is 1. The molecule has 0 fully saturated rings. The second-order valence-electron chi connectivity index (χ2n) is 7.58. The van der Waals surface area contributed by atoms with Crippen molar-refractivity contribution in [2.24, 2.45) is 5.73 Å². The molecule has 0 saturated heterocycles. The number of amides is 2. The molecule has 174 valence electrons. The van der Waals surface area contributed by atoms with Crippen molar-refractivity contribution in [2.75, 3.05) is 6.54 Å². The van der Waals surface area contributed by atoms with Crippen LogP contribution in [-0.2, 0) is 20.8 Å². The molecule has 0 radical (unpaired) electrons. The van der Waals surface area contributed by atoms with Gasteiger partial charge in [-0.3, -0.25) is 19.7 Å². The number of carbonyl (C=O) groups excluding carboxylic acids is 2. The van der Waals surface area contributed by atoms with Crippen LogP contribution in [0.15, 0.2) is 48.5 Å². The Kier molecular flexibility index (Phi) is 8.47. The van der Waals surface area contributed by atoms with Gasteiger partial charge < -0.3 is 21.3 Å². The first-order valence-corrected chi connectivity index (χ1v) is 11.3. The normalized spacial score (nSPS) is 12.9. The van der Waals surface area contributed by atoms with Crippen molar-refractivity contribution in [1.29, 1.82) is 0 Å². The molecule has 0 aliphatic heterocycles. The Morgan fingerprint density at radius 2 is 1.79 bits per heavy atom. The Morgan fingerprint density at radius 1 is 1.06 bits per heavy atom. The van der Waals surface area contributed by atoms with E-state index in [0.717, 1.165) is 26.4 Å². The molecule has 0 aliphatic rings. The number of rotatable bonds is 12. The summed E-state index contributed by atoms with van der Waals surface area (Å²) >= 11 is 1.62. The number of carboxylic acid groups (broad SMARTS) is 1. The largest absolute Gasteiger partial charge is 0.481 e. The molecular weight excluding hydrogens is 444 g/mol. The van der Waals surface area contributed by atoms with Gasteiger partial charge in [0.15, 0.2) is 0 Å². The predicted molar refractivity (Wildman–Crippen MR) is 125 cm³/mol. The number of carbonyl (C=O) groups is 3.